The molecule has 0 fully saturated rings. The number of hydrogen-bond acceptors (Lipinski definition) is 5. The van der Waals surface area contributed by atoms with Crippen LogP contribution >= 0.6 is 11.6 Å². The monoisotopic (exact) mass is 471 g/mol. The molecule has 0 aliphatic rings. The molecular formula is C23H13ClF3N3O3. The summed E-state index contributed by atoms with van der Waals surface area (Å²) in [6, 6.07) is 15.7. The zero-order valence-electron chi connectivity index (χ0n) is 16.6. The lowest BCUT2D eigenvalue weighted by molar-refractivity contribution is -0.137. The van der Waals surface area contributed by atoms with Crippen LogP contribution < -0.4 is 10.1 Å². The van der Waals surface area contributed by atoms with Crippen LogP contribution in [0.2, 0.25) is 5.02 Å². The third kappa shape index (κ3) is 6.16. The molecule has 10 heteroatoms. The SMILES string of the molecule is N#C/C(=C\c1ccc(COc2ccc(C#N)cc2)o1)C(=O)Nc1cc(C(F)(F)F)ccc1Cl. The lowest BCUT2D eigenvalue weighted by Crippen LogP contribution is -2.15. The van der Waals surface area contributed by atoms with Crippen LogP contribution in [0.3, 0.4) is 0 Å². The molecular weight excluding hydrogens is 459 g/mol. The number of ether oxygens (including phenoxy) is 1. The van der Waals surface area contributed by atoms with Crippen LogP contribution in [0.4, 0.5) is 18.9 Å². The fourth-order valence-electron chi connectivity index (χ4n) is 2.61. The Balaban J connectivity index is 1.69. The summed E-state index contributed by atoms with van der Waals surface area (Å²) >= 11 is 5.87. The molecule has 3 rings (SSSR count). The van der Waals surface area contributed by atoms with Crippen LogP contribution in [-0.2, 0) is 17.6 Å². The zero-order chi connectivity index (χ0) is 24.0. The average Bonchev–Trinajstić information content (AvgIpc) is 3.24. The summed E-state index contributed by atoms with van der Waals surface area (Å²) in [6.45, 7) is 0.0493. The van der Waals surface area contributed by atoms with Crippen molar-refractivity contribution >= 4 is 29.3 Å². The minimum Gasteiger partial charge on any atom is -0.486 e. The fraction of sp³-hybridized carbons (Fsp3) is 0.0870. The molecule has 1 heterocycles. The predicted octanol–water partition coefficient (Wildman–Crippen LogP) is 5.95. The van der Waals surface area contributed by atoms with Crippen molar-refractivity contribution in [1.82, 2.24) is 0 Å². The van der Waals surface area contributed by atoms with E-state index in [1.165, 1.54) is 6.07 Å². The molecule has 0 aliphatic heterocycles. The number of carbonyl (C=O) groups excluding carboxylic acids is 1. The van der Waals surface area contributed by atoms with Crippen LogP contribution in [0, 0.1) is 22.7 Å². The van der Waals surface area contributed by atoms with Gasteiger partial charge in [0.05, 0.1) is 27.9 Å². The number of benzene rings is 2. The lowest BCUT2D eigenvalue weighted by Gasteiger charge is -2.11. The summed E-state index contributed by atoms with van der Waals surface area (Å²) in [6.07, 6.45) is -3.48. The number of rotatable bonds is 6. The first-order chi connectivity index (χ1) is 15.7. The molecule has 166 valence electrons. The van der Waals surface area contributed by atoms with Crippen LogP contribution in [0.5, 0.6) is 5.75 Å². The van der Waals surface area contributed by atoms with E-state index in [2.05, 4.69) is 5.32 Å². The van der Waals surface area contributed by atoms with Crippen molar-refractivity contribution in [2.24, 2.45) is 0 Å². The molecule has 6 nitrogen and oxygen atoms in total. The summed E-state index contributed by atoms with van der Waals surface area (Å²) < 4.78 is 49.8. The first-order valence-electron chi connectivity index (χ1n) is 9.21. The third-order valence-corrected chi connectivity index (χ3v) is 4.57. The van der Waals surface area contributed by atoms with Crippen molar-refractivity contribution in [1.29, 1.82) is 10.5 Å². The second-order valence-electron chi connectivity index (χ2n) is 6.55. The van der Waals surface area contributed by atoms with E-state index in [0.717, 1.165) is 18.2 Å². The summed E-state index contributed by atoms with van der Waals surface area (Å²) in [7, 11) is 0. The maximum absolute atomic E-state index is 12.9. The normalized spacial score (nSPS) is 11.4. The van der Waals surface area contributed by atoms with Crippen molar-refractivity contribution in [3.63, 3.8) is 0 Å². The molecule has 0 saturated carbocycles. The van der Waals surface area contributed by atoms with E-state index < -0.39 is 23.2 Å². The van der Waals surface area contributed by atoms with Crippen LogP contribution in [0.15, 0.2) is 64.6 Å². The number of nitrogens with zero attached hydrogens (tertiary/aromatic N) is 2. The van der Waals surface area contributed by atoms with E-state index >= 15 is 0 Å². The van der Waals surface area contributed by atoms with Gasteiger partial charge in [-0.25, -0.2) is 0 Å². The third-order valence-electron chi connectivity index (χ3n) is 4.24. The first kappa shape index (κ1) is 23.5. The highest BCUT2D eigenvalue weighted by Crippen LogP contribution is 2.34. The Kier molecular flexibility index (Phi) is 7.07. The average molecular weight is 472 g/mol. The van der Waals surface area contributed by atoms with E-state index in [-0.39, 0.29) is 23.1 Å². The Hall–Kier alpha value is -4.21. The Morgan fingerprint density at radius 3 is 2.48 bits per heavy atom. The van der Waals surface area contributed by atoms with Gasteiger partial charge in [0.25, 0.3) is 5.91 Å². The van der Waals surface area contributed by atoms with Gasteiger partial charge >= 0.3 is 6.18 Å². The summed E-state index contributed by atoms with van der Waals surface area (Å²) in [4.78, 5) is 12.4. The fourth-order valence-corrected chi connectivity index (χ4v) is 2.77. The van der Waals surface area contributed by atoms with Gasteiger partial charge in [-0.05, 0) is 54.6 Å². The number of alkyl halides is 3. The lowest BCUT2D eigenvalue weighted by atomic mass is 10.1. The van der Waals surface area contributed by atoms with Crippen LogP contribution in [-0.4, -0.2) is 5.91 Å². The molecule has 0 unspecified atom stereocenters. The Labute approximate surface area is 191 Å². The zero-order valence-corrected chi connectivity index (χ0v) is 17.4. The van der Waals surface area contributed by atoms with Gasteiger partial charge in [-0.3, -0.25) is 4.79 Å². The maximum atomic E-state index is 12.9. The molecule has 1 amide bonds. The van der Waals surface area contributed by atoms with E-state index in [1.54, 1.807) is 36.4 Å². The Morgan fingerprint density at radius 2 is 1.85 bits per heavy atom. The maximum Gasteiger partial charge on any atom is 0.416 e. The largest absolute Gasteiger partial charge is 0.486 e. The molecule has 1 N–H and O–H groups in total. The van der Waals surface area contributed by atoms with E-state index in [1.807, 2.05) is 6.07 Å². The van der Waals surface area contributed by atoms with Gasteiger partial charge in [0.1, 0.15) is 35.5 Å². The standard InChI is InChI=1S/C23H13ClF3N3O3/c24-20-8-3-16(23(25,26)27)10-21(20)30-22(31)15(12-29)9-18-6-7-19(33-18)13-32-17-4-1-14(11-28)2-5-17/h1-10H,13H2,(H,30,31)/b15-9+. The van der Waals surface area contributed by atoms with Gasteiger partial charge < -0.3 is 14.5 Å². The van der Waals surface area contributed by atoms with Gasteiger partial charge in [-0.15, -0.1) is 0 Å². The van der Waals surface area contributed by atoms with Crippen LogP contribution in [0.25, 0.3) is 6.08 Å². The van der Waals surface area contributed by atoms with E-state index in [4.69, 9.17) is 26.0 Å². The molecule has 0 spiro atoms. The number of halogens is 4. The summed E-state index contributed by atoms with van der Waals surface area (Å²) in [5.74, 6) is 0.113. The number of furan rings is 1. The molecule has 0 radical (unpaired) electrons. The summed E-state index contributed by atoms with van der Waals surface area (Å²) in [5, 5.41) is 20.2. The molecule has 1 aromatic heterocycles. The van der Waals surface area contributed by atoms with Gasteiger partial charge in [-0.1, -0.05) is 11.6 Å². The van der Waals surface area contributed by atoms with Crippen molar-refractivity contribution < 1.29 is 27.1 Å². The van der Waals surface area contributed by atoms with Gasteiger partial charge in [0.2, 0.25) is 0 Å². The number of anilines is 1. The molecule has 3 aromatic rings. The topological polar surface area (TPSA) is 99.0 Å². The second kappa shape index (κ2) is 9.94. The van der Waals surface area contributed by atoms with Crippen molar-refractivity contribution in [2.45, 2.75) is 12.8 Å². The van der Waals surface area contributed by atoms with Gasteiger partial charge in [0, 0.05) is 6.08 Å². The number of hydrogen-bond donors (Lipinski definition) is 1. The predicted molar refractivity (Wildman–Crippen MR) is 113 cm³/mol. The Bertz CT molecular complexity index is 1280. The minimum absolute atomic E-state index is 0.0493. The first-order valence-corrected chi connectivity index (χ1v) is 9.59. The number of amides is 1. The molecule has 0 saturated heterocycles. The van der Waals surface area contributed by atoms with Crippen molar-refractivity contribution in [3.05, 3.63) is 87.8 Å². The molecule has 0 atom stereocenters. The highest BCUT2D eigenvalue weighted by atomic mass is 35.5. The second-order valence-corrected chi connectivity index (χ2v) is 6.95. The van der Waals surface area contributed by atoms with Crippen molar-refractivity contribution in [2.75, 3.05) is 5.32 Å². The Morgan fingerprint density at radius 1 is 1.12 bits per heavy atom. The minimum atomic E-state index is -4.62. The summed E-state index contributed by atoms with van der Waals surface area (Å²) in [5.41, 5.74) is -1.20. The molecule has 33 heavy (non-hydrogen) atoms. The van der Waals surface area contributed by atoms with E-state index in [9.17, 15) is 23.2 Å². The van der Waals surface area contributed by atoms with E-state index in [0.29, 0.717) is 23.1 Å². The highest BCUT2D eigenvalue weighted by Gasteiger charge is 2.31. The van der Waals surface area contributed by atoms with Crippen molar-refractivity contribution in [3.8, 4) is 17.9 Å². The van der Waals surface area contributed by atoms with Crippen LogP contribution in [0.1, 0.15) is 22.6 Å². The molecule has 2 aromatic carbocycles. The number of nitrogens with one attached hydrogen (secondary N) is 1. The highest BCUT2D eigenvalue weighted by molar-refractivity contribution is 6.34. The number of carbonyl (C=O) groups is 1. The van der Waals surface area contributed by atoms with Gasteiger partial charge in [0.15, 0.2) is 0 Å². The van der Waals surface area contributed by atoms with Gasteiger partial charge in [-0.2, -0.15) is 23.7 Å². The molecule has 0 aliphatic carbocycles. The smallest absolute Gasteiger partial charge is 0.416 e. The molecule has 0 bridgehead atoms. The number of nitriles is 2. The quantitative estimate of drug-likeness (QED) is 0.354.